The molecule has 74 valence electrons. The number of fused-ring (bicyclic) bond motifs is 3. The van der Waals surface area contributed by atoms with Crippen molar-refractivity contribution in [1.29, 1.82) is 5.41 Å². The van der Waals surface area contributed by atoms with E-state index in [4.69, 9.17) is 5.41 Å². The molecule has 0 aliphatic carbocycles. The predicted octanol–water partition coefficient (Wildman–Crippen LogP) is 2.87. The highest BCUT2D eigenvalue weighted by Crippen LogP contribution is 2.25. The normalized spacial score (nSPS) is 11.3. The smallest absolute Gasteiger partial charge is 0.182 e. The maximum atomic E-state index is 7.80. The maximum absolute atomic E-state index is 7.80. The van der Waals surface area contributed by atoms with Crippen LogP contribution in [0.5, 0.6) is 0 Å². The summed E-state index contributed by atoms with van der Waals surface area (Å²) in [5.74, 6) is 0. The minimum atomic E-state index is 0.598. The lowest BCUT2D eigenvalue weighted by Crippen LogP contribution is -2.06. The van der Waals surface area contributed by atoms with E-state index in [1.807, 2.05) is 23.7 Å². The van der Waals surface area contributed by atoms with Crippen LogP contribution in [0.25, 0.3) is 21.0 Å². The molecule has 3 heteroatoms. The minimum absolute atomic E-state index is 0.598. The number of aromatic nitrogens is 1. The summed E-state index contributed by atoms with van der Waals surface area (Å²) in [6.07, 6.45) is 0. The molecule has 1 aromatic heterocycles. The Bertz CT molecular complexity index is 706. The molecule has 3 aromatic rings. The lowest BCUT2D eigenvalue weighted by Gasteiger charge is -2.01. The molecule has 0 bridgehead atoms. The standard InChI is InChI=1S/C12H10N2S/c1-14-11-9-5-3-2-4-8(9)6-7-10(11)15-12(14)13/h2-7,13H,1H3. The van der Waals surface area contributed by atoms with Crippen molar-refractivity contribution in [3.8, 4) is 0 Å². The summed E-state index contributed by atoms with van der Waals surface area (Å²) in [6, 6.07) is 12.5. The monoisotopic (exact) mass is 214 g/mol. The van der Waals surface area contributed by atoms with Gasteiger partial charge in [0.25, 0.3) is 0 Å². The Balaban J connectivity index is 2.69. The summed E-state index contributed by atoms with van der Waals surface area (Å²) < 4.78 is 3.13. The Morgan fingerprint density at radius 3 is 2.80 bits per heavy atom. The van der Waals surface area contributed by atoms with Gasteiger partial charge in [-0.25, -0.2) is 0 Å². The Labute approximate surface area is 90.9 Å². The van der Waals surface area contributed by atoms with Crippen LogP contribution in [0.1, 0.15) is 0 Å². The second-order valence-corrected chi connectivity index (χ2v) is 4.63. The van der Waals surface area contributed by atoms with Crippen molar-refractivity contribution in [2.75, 3.05) is 0 Å². The number of benzene rings is 2. The van der Waals surface area contributed by atoms with Crippen molar-refractivity contribution in [3.63, 3.8) is 0 Å². The zero-order valence-electron chi connectivity index (χ0n) is 8.32. The van der Waals surface area contributed by atoms with Gasteiger partial charge in [0.15, 0.2) is 4.80 Å². The summed E-state index contributed by atoms with van der Waals surface area (Å²) in [4.78, 5) is 0.598. The number of rotatable bonds is 0. The van der Waals surface area contributed by atoms with Crippen LogP contribution in [0.2, 0.25) is 0 Å². The van der Waals surface area contributed by atoms with E-state index in [2.05, 4.69) is 24.3 Å². The van der Waals surface area contributed by atoms with Crippen LogP contribution in [-0.4, -0.2) is 4.57 Å². The first-order valence-electron chi connectivity index (χ1n) is 4.79. The Morgan fingerprint density at radius 2 is 1.93 bits per heavy atom. The third-order valence-electron chi connectivity index (χ3n) is 2.71. The first-order chi connectivity index (χ1) is 7.27. The molecule has 0 saturated heterocycles. The van der Waals surface area contributed by atoms with Crippen molar-refractivity contribution in [2.24, 2.45) is 7.05 Å². The fourth-order valence-corrected chi connectivity index (χ4v) is 2.85. The minimum Gasteiger partial charge on any atom is -0.319 e. The second-order valence-electron chi connectivity index (χ2n) is 3.60. The van der Waals surface area contributed by atoms with Crippen LogP contribution < -0.4 is 4.80 Å². The van der Waals surface area contributed by atoms with Crippen LogP contribution in [-0.2, 0) is 7.05 Å². The average molecular weight is 214 g/mol. The van der Waals surface area contributed by atoms with Gasteiger partial charge in [0.1, 0.15) is 0 Å². The van der Waals surface area contributed by atoms with Gasteiger partial charge in [-0.15, -0.1) is 0 Å². The van der Waals surface area contributed by atoms with Gasteiger partial charge < -0.3 is 4.57 Å². The van der Waals surface area contributed by atoms with Gasteiger partial charge in [-0.3, -0.25) is 5.41 Å². The van der Waals surface area contributed by atoms with Gasteiger partial charge in [0.05, 0.1) is 10.2 Å². The molecule has 0 atom stereocenters. The molecule has 0 fully saturated rings. The fraction of sp³-hybridized carbons (Fsp3) is 0.0833. The number of thiazole rings is 1. The molecule has 0 radical (unpaired) electrons. The molecular formula is C12H10N2S. The van der Waals surface area contributed by atoms with Gasteiger partial charge in [-0.1, -0.05) is 41.7 Å². The zero-order valence-corrected chi connectivity index (χ0v) is 9.14. The van der Waals surface area contributed by atoms with Crippen molar-refractivity contribution in [2.45, 2.75) is 0 Å². The Hall–Kier alpha value is -1.61. The molecular weight excluding hydrogens is 204 g/mol. The van der Waals surface area contributed by atoms with E-state index in [0.29, 0.717) is 4.80 Å². The van der Waals surface area contributed by atoms with Crippen LogP contribution >= 0.6 is 11.3 Å². The lowest BCUT2D eigenvalue weighted by molar-refractivity contribution is 0.897. The first-order valence-corrected chi connectivity index (χ1v) is 5.61. The molecule has 2 nitrogen and oxygen atoms in total. The van der Waals surface area contributed by atoms with E-state index < -0.39 is 0 Å². The Morgan fingerprint density at radius 1 is 1.13 bits per heavy atom. The molecule has 2 aromatic carbocycles. The summed E-state index contributed by atoms with van der Waals surface area (Å²) in [5, 5.41) is 10.3. The van der Waals surface area contributed by atoms with Crippen molar-refractivity contribution < 1.29 is 0 Å². The molecule has 0 spiro atoms. The third-order valence-corrected chi connectivity index (χ3v) is 3.73. The largest absolute Gasteiger partial charge is 0.319 e. The van der Waals surface area contributed by atoms with Crippen LogP contribution in [0.3, 0.4) is 0 Å². The lowest BCUT2D eigenvalue weighted by atomic mass is 10.1. The number of aryl methyl sites for hydroxylation is 1. The van der Waals surface area contributed by atoms with Gasteiger partial charge >= 0.3 is 0 Å². The van der Waals surface area contributed by atoms with E-state index in [1.54, 1.807) is 0 Å². The van der Waals surface area contributed by atoms with E-state index in [9.17, 15) is 0 Å². The van der Waals surface area contributed by atoms with Crippen LogP contribution in [0, 0.1) is 5.41 Å². The molecule has 1 heterocycles. The summed E-state index contributed by atoms with van der Waals surface area (Å²) in [6.45, 7) is 0. The van der Waals surface area contributed by atoms with Crippen molar-refractivity contribution in [3.05, 3.63) is 41.2 Å². The SMILES string of the molecule is Cn1c(=N)sc2ccc3ccccc3c21. The molecule has 0 unspecified atom stereocenters. The fourth-order valence-electron chi connectivity index (χ4n) is 1.94. The van der Waals surface area contributed by atoms with E-state index in [-0.39, 0.29) is 0 Å². The van der Waals surface area contributed by atoms with Crippen molar-refractivity contribution in [1.82, 2.24) is 4.57 Å². The van der Waals surface area contributed by atoms with Crippen LogP contribution in [0.4, 0.5) is 0 Å². The van der Waals surface area contributed by atoms with E-state index in [1.165, 1.54) is 32.3 Å². The molecule has 3 rings (SSSR count). The third kappa shape index (κ3) is 1.13. The summed E-state index contributed by atoms with van der Waals surface area (Å²) >= 11 is 1.52. The highest BCUT2D eigenvalue weighted by atomic mass is 32.1. The molecule has 0 amide bonds. The average Bonchev–Trinajstić information content (AvgIpc) is 2.55. The quantitative estimate of drug-likeness (QED) is 0.596. The zero-order chi connectivity index (χ0) is 10.4. The number of nitrogens with one attached hydrogen (secondary N) is 1. The highest BCUT2D eigenvalue weighted by Gasteiger charge is 2.05. The number of hydrogen-bond acceptors (Lipinski definition) is 2. The topological polar surface area (TPSA) is 28.8 Å². The maximum Gasteiger partial charge on any atom is 0.182 e. The highest BCUT2D eigenvalue weighted by molar-refractivity contribution is 7.16. The van der Waals surface area contributed by atoms with E-state index >= 15 is 0 Å². The predicted molar refractivity (Wildman–Crippen MR) is 64.2 cm³/mol. The summed E-state index contributed by atoms with van der Waals surface area (Å²) in [5.41, 5.74) is 1.17. The second kappa shape index (κ2) is 2.94. The molecule has 0 saturated carbocycles. The first kappa shape index (κ1) is 8.68. The van der Waals surface area contributed by atoms with Crippen molar-refractivity contribution >= 4 is 32.3 Å². The van der Waals surface area contributed by atoms with Gasteiger partial charge in [-0.2, -0.15) is 0 Å². The Kier molecular flexibility index (Phi) is 1.70. The number of nitrogens with zero attached hydrogens (tertiary/aromatic N) is 1. The molecule has 0 aliphatic rings. The molecule has 1 N–H and O–H groups in total. The summed E-state index contributed by atoms with van der Waals surface area (Å²) in [7, 11) is 1.95. The van der Waals surface area contributed by atoms with E-state index in [0.717, 1.165) is 0 Å². The number of hydrogen-bond donors (Lipinski definition) is 1. The van der Waals surface area contributed by atoms with Gasteiger partial charge in [0.2, 0.25) is 0 Å². The van der Waals surface area contributed by atoms with Crippen LogP contribution in [0.15, 0.2) is 36.4 Å². The molecule has 0 aliphatic heterocycles. The van der Waals surface area contributed by atoms with Gasteiger partial charge in [0, 0.05) is 12.4 Å². The van der Waals surface area contributed by atoms with Gasteiger partial charge in [-0.05, 0) is 11.5 Å². The molecule has 15 heavy (non-hydrogen) atoms.